The molecule has 1 rings (SSSR count). The molecule has 1 aromatic rings. The Labute approximate surface area is 110 Å². The molecular formula is C11H15FN2O4S. The van der Waals surface area contributed by atoms with Crippen molar-refractivity contribution in [1.82, 2.24) is 4.72 Å². The standard InChI is InChI=1S/C11H15FN2O4S/c1-7(2)8(3)13-19(17,18)10-6-4-5-9(12)11(10)14(15)16/h4-8,13H,1-3H3. The Morgan fingerprint density at radius 3 is 2.37 bits per heavy atom. The van der Waals surface area contributed by atoms with Gasteiger partial charge in [-0.2, -0.15) is 4.39 Å². The zero-order valence-corrected chi connectivity index (χ0v) is 11.6. The SMILES string of the molecule is CC(C)C(C)NS(=O)(=O)c1cccc(F)c1[N+](=O)[O-]. The number of hydrogen-bond donors (Lipinski definition) is 1. The first-order valence-electron chi connectivity index (χ1n) is 5.62. The van der Waals surface area contributed by atoms with Crippen LogP contribution in [0.2, 0.25) is 0 Å². The van der Waals surface area contributed by atoms with Crippen LogP contribution in [0.5, 0.6) is 0 Å². The molecule has 0 amide bonds. The molecule has 0 fully saturated rings. The summed E-state index contributed by atoms with van der Waals surface area (Å²) in [5, 5.41) is 10.8. The van der Waals surface area contributed by atoms with Gasteiger partial charge in [-0.25, -0.2) is 13.1 Å². The lowest BCUT2D eigenvalue weighted by molar-refractivity contribution is -0.390. The number of nitrogens with zero attached hydrogens (tertiary/aromatic N) is 1. The molecule has 1 aromatic carbocycles. The molecule has 0 aliphatic carbocycles. The van der Waals surface area contributed by atoms with Gasteiger partial charge in [0.05, 0.1) is 4.92 Å². The van der Waals surface area contributed by atoms with Crippen molar-refractivity contribution < 1.29 is 17.7 Å². The van der Waals surface area contributed by atoms with E-state index >= 15 is 0 Å². The first-order chi connectivity index (χ1) is 8.66. The second-order valence-electron chi connectivity index (χ2n) is 4.50. The van der Waals surface area contributed by atoms with Crippen LogP contribution in [0.15, 0.2) is 23.1 Å². The van der Waals surface area contributed by atoms with Crippen molar-refractivity contribution in [3.05, 3.63) is 34.1 Å². The van der Waals surface area contributed by atoms with Gasteiger partial charge >= 0.3 is 5.69 Å². The molecule has 106 valence electrons. The Bertz CT molecular complexity index is 586. The summed E-state index contributed by atoms with van der Waals surface area (Å²) < 4.78 is 39.8. The van der Waals surface area contributed by atoms with Gasteiger partial charge in [-0.05, 0) is 25.0 Å². The molecule has 1 unspecified atom stereocenters. The number of sulfonamides is 1. The quantitative estimate of drug-likeness (QED) is 0.664. The lowest BCUT2D eigenvalue weighted by atomic mass is 10.1. The van der Waals surface area contributed by atoms with E-state index in [0.717, 1.165) is 18.2 Å². The van der Waals surface area contributed by atoms with Gasteiger partial charge in [0, 0.05) is 6.04 Å². The highest BCUT2D eigenvalue weighted by atomic mass is 32.2. The molecule has 19 heavy (non-hydrogen) atoms. The van der Waals surface area contributed by atoms with Gasteiger partial charge in [-0.15, -0.1) is 0 Å². The number of nitro groups is 1. The Morgan fingerprint density at radius 2 is 1.89 bits per heavy atom. The van der Waals surface area contributed by atoms with E-state index in [9.17, 15) is 22.9 Å². The number of hydrogen-bond acceptors (Lipinski definition) is 4. The molecular weight excluding hydrogens is 275 g/mol. The third-order valence-electron chi connectivity index (χ3n) is 2.76. The first-order valence-corrected chi connectivity index (χ1v) is 7.10. The van der Waals surface area contributed by atoms with E-state index in [2.05, 4.69) is 4.72 Å². The molecule has 6 nitrogen and oxygen atoms in total. The molecule has 0 saturated heterocycles. The summed E-state index contributed by atoms with van der Waals surface area (Å²) in [6.45, 7) is 5.23. The van der Waals surface area contributed by atoms with Gasteiger partial charge in [0.1, 0.15) is 0 Å². The highest BCUT2D eigenvalue weighted by Crippen LogP contribution is 2.26. The topological polar surface area (TPSA) is 89.3 Å². The lowest BCUT2D eigenvalue weighted by Gasteiger charge is -2.17. The average molecular weight is 290 g/mol. The summed E-state index contributed by atoms with van der Waals surface area (Å²) in [6, 6.07) is 2.56. The minimum atomic E-state index is -4.13. The van der Waals surface area contributed by atoms with Gasteiger partial charge < -0.3 is 0 Å². The highest BCUT2D eigenvalue weighted by molar-refractivity contribution is 7.89. The number of benzene rings is 1. The van der Waals surface area contributed by atoms with Gasteiger partial charge in [0.15, 0.2) is 4.90 Å². The number of rotatable bonds is 5. The minimum absolute atomic E-state index is 0.00221. The largest absolute Gasteiger partial charge is 0.324 e. The van der Waals surface area contributed by atoms with Crippen molar-refractivity contribution in [2.45, 2.75) is 31.7 Å². The van der Waals surface area contributed by atoms with Crippen LogP contribution in [-0.4, -0.2) is 19.4 Å². The van der Waals surface area contributed by atoms with E-state index < -0.39 is 37.4 Å². The minimum Gasteiger partial charge on any atom is -0.258 e. The zero-order valence-electron chi connectivity index (χ0n) is 10.8. The predicted molar refractivity (Wildman–Crippen MR) is 67.7 cm³/mol. The van der Waals surface area contributed by atoms with E-state index in [1.54, 1.807) is 20.8 Å². The molecule has 0 spiro atoms. The number of nitrogens with one attached hydrogen (secondary N) is 1. The van der Waals surface area contributed by atoms with E-state index in [4.69, 9.17) is 0 Å². The van der Waals surface area contributed by atoms with Crippen molar-refractivity contribution in [3.63, 3.8) is 0 Å². The van der Waals surface area contributed by atoms with Gasteiger partial charge in [-0.3, -0.25) is 10.1 Å². The lowest BCUT2D eigenvalue weighted by Crippen LogP contribution is -2.36. The van der Waals surface area contributed by atoms with Crippen molar-refractivity contribution in [3.8, 4) is 0 Å². The number of halogens is 1. The molecule has 0 aliphatic rings. The Hall–Kier alpha value is -1.54. The maximum absolute atomic E-state index is 13.4. The number of nitro benzene ring substituents is 1. The van der Waals surface area contributed by atoms with E-state index in [0.29, 0.717) is 0 Å². The monoisotopic (exact) mass is 290 g/mol. The van der Waals surface area contributed by atoms with Gasteiger partial charge in [0.2, 0.25) is 15.8 Å². The Balaban J connectivity index is 3.30. The summed E-state index contributed by atoms with van der Waals surface area (Å²) in [6.07, 6.45) is 0. The van der Waals surface area contributed by atoms with Crippen LogP contribution in [0.1, 0.15) is 20.8 Å². The van der Waals surface area contributed by atoms with Crippen LogP contribution in [0.4, 0.5) is 10.1 Å². The third kappa shape index (κ3) is 3.48. The van der Waals surface area contributed by atoms with Gasteiger partial charge in [-0.1, -0.05) is 19.9 Å². The van der Waals surface area contributed by atoms with Crippen molar-refractivity contribution in [2.24, 2.45) is 5.92 Å². The summed E-state index contributed by atoms with van der Waals surface area (Å²) in [7, 11) is -4.13. The van der Waals surface area contributed by atoms with Crippen molar-refractivity contribution >= 4 is 15.7 Å². The van der Waals surface area contributed by atoms with E-state index in [1.807, 2.05) is 0 Å². The molecule has 8 heteroatoms. The maximum atomic E-state index is 13.4. The second-order valence-corrected chi connectivity index (χ2v) is 6.18. The molecule has 0 bridgehead atoms. The third-order valence-corrected chi connectivity index (χ3v) is 4.35. The summed E-state index contributed by atoms with van der Waals surface area (Å²) >= 11 is 0. The fraction of sp³-hybridized carbons (Fsp3) is 0.455. The smallest absolute Gasteiger partial charge is 0.258 e. The van der Waals surface area contributed by atoms with Crippen molar-refractivity contribution in [1.29, 1.82) is 0 Å². The number of para-hydroxylation sites is 1. The van der Waals surface area contributed by atoms with Crippen LogP contribution in [0.3, 0.4) is 0 Å². The molecule has 0 aromatic heterocycles. The predicted octanol–water partition coefficient (Wildman–Crippen LogP) is 2.06. The molecule has 0 radical (unpaired) electrons. The van der Waals surface area contributed by atoms with Crippen molar-refractivity contribution in [2.75, 3.05) is 0 Å². The van der Waals surface area contributed by atoms with E-state index in [-0.39, 0.29) is 5.92 Å². The zero-order chi connectivity index (χ0) is 14.8. The Morgan fingerprint density at radius 1 is 1.32 bits per heavy atom. The van der Waals surface area contributed by atoms with Crippen LogP contribution < -0.4 is 4.72 Å². The highest BCUT2D eigenvalue weighted by Gasteiger charge is 2.30. The summed E-state index contributed by atoms with van der Waals surface area (Å²) in [5.41, 5.74) is -1.04. The first kappa shape index (κ1) is 15.5. The molecule has 0 saturated carbocycles. The normalized spacial score (nSPS) is 13.5. The summed E-state index contributed by atoms with van der Waals surface area (Å²) in [4.78, 5) is 9.08. The second kappa shape index (κ2) is 5.62. The summed E-state index contributed by atoms with van der Waals surface area (Å²) in [5.74, 6) is -1.17. The van der Waals surface area contributed by atoms with Crippen LogP contribution in [0, 0.1) is 21.8 Å². The molecule has 1 atom stereocenters. The molecule has 0 heterocycles. The fourth-order valence-electron chi connectivity index (χ4n) is 1.33. The average Bonchev–Trinajstić information content (AvgIpc) is 2.27. The van der Waals surface area contributed by atoms with Crippen LogP contribution >= 0.6 is 0 Å². The Kier molecular flexibility index (Phi) is 4.59. The van der Waals surface area contributed by atoms with Gasteiger partial charge in [0.25, 0.3) is 0 Å². The maximum Gasteiger partial charge on any atom is 0.324 e. The molecule has 1 N–H and O–H groups in total. The van der Waals surface area contributed by atoms with Crippen LogP contribution in [-0.2, 0) is 10.0 Å². The van der Waals surface area contributed by atoms with E-state index in [1.165, 1.54) is 0 Å². The molecule has 0 aliphatic heterocycles. The van der Waals surface area contributed by atoms with Crippen LogP contribution in [0.25, 0.3) is 0 Å². The fourth-order valence-corrected chi connectivity index (χ4v) is 2.91.